The number of rotatable bonds is 9. The lowest BCUT2D eigenvalue weighted by atomic mass is 10.1. The van der Waals surface area contributed by atoms with Crippen LogP contribution in [0.25, 0.3) is 0 Å². The first-order valence-electron chi connectivity index (χ1n) is 10.2. The molecule has 3 rings (SSSR count). The summed E-state index contributed by atoms with van der Waals surface area (Å²) in [6.45, 7) is 1.89. The third kappa shape index (κ3) is 5.65. The number of esters is 1. The second kappa shape index (κ2) is 10.7. The molecule has 178 valence electrons. The topological polar surface area (TPSA) is 120 Å². The maximum absolute atomic E-state index is 13.0. The van der Waals surface area contributed by atoms with E-state index in [4.69, 9.17) is 14.2 Å². The number of amides is 1. The van der Waals surface area contributed by atoms with E-state index >= 15 is 0 Å². The van der Waals surface area contributed by atoms with Crippen LogP contribution in [0.3, 0.4) is 0 Å². The summed E-state index contributed by atoms with van der Waals surface area (Å²) in [7, 11) is -1.07. The van der Waals surface area contributed by atoms with Crippen molar-refractivity contribution in [3.8, 4) is 11.5 Å². The van der Waals surface area contributed by atoms with Gasteiger partial charge in [0.05, 0.1) is 48.2 Å². The summed E-state index contributed by atoms with van der Waals surface area (Å²) in [5, 5.41) is 2.72. The van der Waals surface area contributed by atoms with Crippen LogP contribution >= 0.6 is 0 Å². The van der Waals surface area contributed by atoms with E-state index in [2.05, 4.69) is 10.0 Å². The Kier molecular flexibility index (Phi) is 7.75. The van der Waals surface area contributed by atoms with Crippen LogP contribution in [-0.2, 0) is 14.8 Å². The highest BCUT2D eigenvalue weighted by atomic mass is 32.2. The number of carbonyl (C=O) groups is 2. The molecular weight excluding hydrogens is 460 g/mol. The van der Waals surface area contributed by atoms with E-state index in [1.165, 1.54) is 50.6 Å². The van der Waals surface area contributed by atoms with E-state index in [1.807, 2.05) is 0 Å². The van der Waals surface area contributed by atoms with Crippen molar-refractivity contribution < 1.29 is 32.2 Å². The molecule has 2 N–H and O–H groups in total. The van der Waals surface area contributed by atoms with E-state index in [0.29, 0.717) is 17.2 Å². The summed E-state index contributed by atoms with van der Waals surface area (Å²) in [5.74, 6) is -0.153. The van der Waals surface area contributed by atoms with Crippen molar-refractivity contribution in [2.75, 3.05) is 30.9 Å². The minimum atomic E-state index is -4.04. The monoisotopic (exact) mass is 484 g/mol. The molecule has 9 nitrogen and oxygen atoms in total. The van der Waals surface area contributed by atoms with Crippen molar-refractivity contribution in [2.45, 2.75) is 11.8 Å². The number of anilines is 2. The van der Waals surface area contributed by atoms with Crippen LogP contribution in [0.2, 0.25) is 0 Å². The zero-order chi connectivity index (χ0) is 24.7. The Morgan fingerprint density at radius 2 is 1.59 bits per heavy atom. The summed E-state index contributed by atoms with van der Waals surface area (Å²) in [4.78, 5) is 24.7. The van der Waals surface area contributed by atoms with Gasteiger partial charge in [0.25, 0.3) is 15.9 Å². The minimum absolute atomic E-state index is 0.0763. The number of benzene rings is 3. The fraction of sp³-hybridized carbons (Fsp3) is 0.167. The smallest absolute Gasteiger partial charge is 0.338 e. The van der Waals surface area contributed by atoms with Crippen LogP contribution in [0.4, 0.5) is 11.4 Å². The van der Waals surface area contributed by atoms with Crippen molar-refractivity contribution in [1.29, 1.82) is 0 Å². The van der Waals surface area contributed by atoms with Gasteiger partial charge in [-0.15, -0.1) is 0 Å². The van der Waals surface area contributed by atoms with Gasteiger partial charge in [-0.1, -0.05) is 12.1 Å². The van der Waals surface area contributed by atoms with Crippen LogP contribution in [0.15, 0.2) is 71.6 Å². The molecule has 34 heavy (non-hydrogen) atoms. The highest BCUT2D eigenvalue weighted by Gasteiger charge is 2.20. The molecule has 0 aliphatic heterocycles. The van der Waals surface area contributed by atoms with Crippen LogP contribution in [0, 0.1) is 0 Å². The molecular formula is C24H24N2O7S. The summed E-state index contributed by atoms with van der Waals surface area (Å²) >= 11 is 0. The molecule has 0 fully saturated rings. The fourth-order valence-electron chi connectivity index (χ4n) is 3.05. The second-order valence-electron chi connectivity index (χ2n) is 6.92. The van der Waals surface area contributed by atoms with Crippen LogP contribution in [0.1, 0.15) is 27.6 Å². The Labute approximate surface area is 197 Å². The minimum Gasteiger partial charge on any atom is -0.497 e. The number of sulfonamides is 1. The zero-order valence-corrected chi connectivity index (χ0v) is 19.6. The van der Waals surface area contributed by atoms with Crippen molar-refractivity contribution >= 4 is 33.3 Å². The third-order valence-corrected chi connectivity index (χ3v) is 6.13. The molecule has 0 heterocycles. The molecule has 0 spiro atoms. The van der Waals surface area contributed by atoms with Crippen molar-refractivity contribution in [3.05, 3.63) is 77.9 Å². The number of para-hydroxylation sites is 1. The van der Waals surface area contributed by atoms with Crippen molar-refractivity contribution in [1.82, 2.24) is 0 Å². The molecule has 0 bridgehead atoms. The maximum atomic E-state index is 13.0. The predicted molar refractivity (Wildman–Crippen MR) is 127 cm³/mol. The Morgan fingerprint density at radius 1 is 0.882 bits per heavy atom. The zero-order valence-electron chi connectivity index (χ0n) is 18.8. The van der Waals surface area contributed by atoms with Crippen molar-refractivity contribution in [3.63, 3.8) is 0 Å². The molecule has 0 unspecified atom stereocenters. The molecule has 0 aliphatic rings. The molecule has 10 heteroatoms. The molecule has 0 aliphatic carbocycles. The lowest BCUT2D eigenvalue weighted by molar-refractivity contribution is 0.0526. The Bertz CT molecular complexity index is 1290. The standard InChI is InChI=1S/C24H24N2O7S/c1-4-33-24(28)16-9-12-18(13-10-16)34(29,30)26-20-8-6-5-7-19(20)23(27)25-21-14-11-17(31-2)15-22(21)32-3/h5-15,26H,4H2,1-3H3,(H,25,27). The Morgan fingerprint density at radius 3 is 2.24 bits per heavy atom. The first-order chi connectivity index (χ1) is 16.3. The Hall–Kier alpha value is -4.05. The first-order valence-corrected chi connectivity index (χ1v) is 11.7. The largest absolute Gasteiger partial charge is 0.497 e. The molecule has 0 aromatic heterocycles. The number of ether oxygens (including phenoxy) is 3. The SMILES string of the molecule is CCOC(=O)c1ccc(S(=O)(=O)Nc2ccccc2C(=O)Nc2ccc(OC)cc2OC)cc1. The van der Waals surface area contributed by atoms with E-state index in [0.717, 1.165) is 0 Å². The summed E-state index contributed by atoms with van der Waals surface area (Å²) < 4.78 is 43.6. The van der Waals surface area contributed by atoms with Gasteiger partial charge in [0, 0.05) is 6.07 Å². The average Bonchev–Trinajstić information content (AvgIpc) is 2.84. The molecule has 3 aromatic rings. The maximum Gasteiger partial charge on any atom is 0.338 e. The summed E-state index contributed by atoms with van der Waals surface area (Å²) in [5.41, 5.74) is 0.809. The highest BCUT2D eigenvalue weighted by molar-refractivity contribution is 7.92. The second-order valence-corrected chi connectivity index (χ2v) is 8.60. The van der Waals surface area contributed by atoms with Gasteiger partial charge in [-0.3, -0.25) is 9.52 Å². The number of carbonyl (C=O) groups excluding carboxylic acids is 2. The molecule has 1 amide bonds. The van der Waals surface area contributed by atoms with Gasteiger partial charge in [0.2, 0.25) is 0 Å². The lowest BCUT2D eigenvalue weighted by Gasteiger charge is -2.15. The number of hydrogen-bond donors (Lipinski definition) is 2. The third-order valence-electron chi connectivity index (χ3n) is 4.75. The van der Waals surface area contributed by atoms with Gasteiger partial charge < -0.3 is 19.5 Å². The molecule has 0 atom stereocenters. The van der Waals surface area contributed by atoms with Crippen LogP contribution in [0.5, 0.6) is 11.5 Å². The molecule has 0 saturated heterocycles. The van der Waals surface area contributed by atoms with Gasteiger partial charge in [0.15, 0.2) is 0 Å². The Balaban J connectivity index is 1.84. The van der Waals surface area contributed by atoms with E-state index in [9.17, 15) is 18.0 Å². The van der Waals surface area contributed by atoms with Gasteiger partial charge in [-0.05, 0) is 55.5 Å². The van der Waals surface area contributed by atoms with Crippen LogP contribution < -0.4 is 19.5 Å². The number of hydrogen-bond acceptors (Lipinski definition) is 7. The quantitative estimate of drug-likeness (QED) is 0.442. The predicted octanol–water partition coefficient (Wildman–Crippen LogP) is 3.93. The van der Waals surface area contributed by atoms with Gasteiger partial charge in [-0.2, -0.15) is 0 Å². The molecule has 0 radical (unpaired) electrons. The number of nitrogens with one attached hydrogen (secondary N) is 2. The lowest BCUT2D eigenvalue weighted by Crippen LogP contribution is -2.19. The van der Waals surface area contributed by atoms with Gasteiger partial charge in [-0.25, -0.2) is 13.2 Å². The average molecular weight is 485 g/mol. The highest BCUT2D eigenvalue weighted by Crippen LogP contribution is 2.30. The van der Waals surface area contributed by atoms with E-state index in [1.54, 1.807) is 37.3 Å². The molecule has 0 saturated carbocycles. The van der Waals surface area contributed by atoms with Crippen LogP contribution in [-0.4, -0.2) is 41.1 Å². The van der Waals surface area contributed by atoms with Gasteiger partial charge >= 0.3 is 5.97 Å². The normalized spacial score (nSPS) is 10.8. The van der Waals surface area contributed by atoms with E-state index in [-0.39, 0.29) is 28.3 Å². The number of methoxy groups -OCH3 is 2. The summed E-state index contributed by atoms with van der Waals surface area (Å²) in [6.07, 6.45) is 0. The summed E-state index contributed by atoms with van der Waals surface area (Å²) in [6, 6.07) is 16.4. The van der Waals surface area contributed by atoms with E-state index < -0.39 is 21.9 Å². The van der Waals surface area contributed by atoms with Gasteiger partial charge in [0.1, 0.15) is 11.5 Å². The fourth-order valence-corrected chi connectivity index (χ4v) is 4.13. The first kappa shape index (κ1) is 24.6. The molecule has 3 aromatic carbocycles. The van der Waals surface area contributed by atoms with Crippen molar-refractivity contribution in [2.24, 2.45) is 0 Å².